The molecule has 3 aromatic rings. The summed E-state index contributed by atoms with van der Waals surface area (Å²) in [4.78, 5) is 28.9. The molecule has 1 N–H and O–H groups in total. The maximum absolute atomic E-state index is 12.4. The summed E-state index contributed by atoms with van der Waals surface area (Å²) >= 11 is 0. The number of nitrogens with zero attached hydrogens (tertiary/aromatic N) is 2. The Labute approximate surface area is 146 Å². The van der Waals surface area contributed by atoms with E-state index in [1.165, 1.54) is 0 Å². The molecule has 1 aromatic heterocycles. The van der Waals surface area contributed by atoms with Crippen LogP contribution in [0.4, 0.5) is 5.69 Å². The molecule has 3 rings (SSSR count). The Morgan fingerprint density at radius 3 is 2.56 bits per heavy atom. The van der Waals surface area contributed by atoms with Crippen molar-refractivity contribution in [2.45, 2.75) is 33.2 Å². The van der Waals surface area contributed by atoms with E-state index < -0.39 is 0 Å². The molecule has 5 nitrogen and oxygen atoms in total. The smallest absolute Gasteiger partial charge is 0.261 e. The summed E-state index contributed by atoms with van der Waals surface area (Å²) in [6.07, 6.45) is 2.48. The van der Waals surface area contributed by atoms with Crippen molar-refractivity contribution in [3.8, 4) is 0 Å². The molecule has 1 heterocycles. The van der Waals surface area contributed by atoms with Crippen LogP contribution < -0.4 is 10.9 Å². The molecule has 0 aliphatic carbocycles. The number of aromatic nitrogens is 2. The van der Waals surface area contributed by atoms with Gasteiger partial charge in [0.25, 0.3) is 5.56 Å². The van der Waals surface area contributed by atoms with E-state index in [2.05, 4.69) is 10.3 Å². The molecule has 25 heavy (non-hydrogen) atoms. The first kappa shape index (κ1) is 16.9. The number of hydrogen-bond acceptors (Lipinski definition) is 3. The van der Waals surface area contributed by atoms with Crippen molar-refractivity contribution >= 4 is 22.5 Å². The molecule has 128 valence electrons. The standard InChI is InChI=1S/C20H21N3O2/c1-14-7-5-8-15(2)19(14)22-18(24)11-6-12-23-13-21-17-10-4-3-9-16(17)20(23)25/h3-5,7-10,13H,6,11-12H2,1-2H3,(H,22,24). The predicted octanol–water partition coefficient (Wildman–Crippen LogP) is 3.43. The van der Waals surface area contributed by atoms with Crippen molar-refractivity contribution < 1.29 is 4.79 Å². The summed E-state index contributed by atoms with van der Waals surface area (Å²) in [7, 11) is 0. The average molecular weight is 335 g/mol. The van der Waals surface area contributed by atoms with Gasteiger partial charge in [-0.05, 0) is 43.5 Å². The van der Waals surface area contributed by atoms with Crippen LogP contribution in [-0.4, -0.2) is 15.5 Å². The lowest BCUT2D eigenvalue weighted by atomic mass is 10.1. The van der Waals surface area contributed by atoms with Crippen molar-refractivity contribution in [3.63, 3.8) is 0 Å². The Morgan fingerprint density at radius 1 is 1.08 bits per heavy atom. The lowest BCUT2D eigenvalue weighted by Crippen LogP contribution is -2.21. The molecule has 0 fully saturated rings. The van der Waals surface area contributed by atoms with Gasteiger partial charge >= 0.3 is 0 Å². The number of anilines is 1. The van der Waals surface area contributed by atoms with E-state index in [1.54, 1.807) is 17.0 Å². The number of nitrogens with one attached hydrogen (secondary N) is 1. The summed E-state index contributed by atoms with van der Waals surface area (Å²) in [6.45, 7) is 4.42. The third kappa shape index (κ3) is 3.76. The van der Waals surface area contributed by atoms with Gasteiger partial charge in [-0.25, -0.2) is 4.98 Å². The second kappa shape index (κ2) is 7.30. The van der Waals surface area contributed by atoms with Crippen molar-refractivity contribution in [1.82, 2.24) is 9.55 Å². The number of amides is 1. The van der Waals surface area contributed by atoms with E-state index in [0.717, 1.165) is 16.8 Å². The predicted molar refractivity (Wildman–Crippen MR) is 99.8 cm³/mol. The number of aryl methyl sites for hydroxylation is 3. The Bertz CT molecular complexity index is 956. The third-order valence-corrected chi connectivity index (χ3v) is 4.28. The number of para-hydroxylation sites is 2. The van der Waals surface area contributed by atoms with Gasteiger partial charge in [0.15, 0.2) is 0 Å². The van der Waals surface area contributed by atoms with Crippen LogP contribution in [-0.2, 0) is 11.3 Å². The summed E-state index contributed by atoms with van der Waals surface area (Å²) in [5.74, 6) is -0.0424. The normalized spacial score (nSPS) is 10.8. The Hall–Kier alpha value is -2.95. The highest BCUT2D eigenvalue weighted by atomic mass is 16.1. The van der Waals surface area contributed by atoms with Crippen LogP contribution >= 0.6 is 0 Å². The molecule has 0 bridgehead atoms. The average Bonchev–Trinajstić information content (AvgIpc) is 2.60. The molecule has 2 aromatic carbocycles. The van der Waals surface area contributed by atoms with Crippen LogP contribution in [0.3, 0.4) is 0 Å². The van der Waals surface area contributed by atoms with E-state index in [0.29, 0.717) is 30.3 Å². The van der Waals surface area contributed by atoms with E-state index >= 15 is 0 Å². The molecular formula is C20H21N3O2. The minimum atomic E-state index is -0.0687. The van der Waals surface area contributed by atoms with Crippen molar-refractivity contribution in [3.05, 3.63) is 70.3 Å². The summed E-state index contributed by atoms with van der Waals surface area (Å²) in [5, 5.41) is 3.57. The van der Waals surface area contributed by atoms with Gasteiger partial charge in [-0.2, -0.15) is 0 Å². The Morgan fingerprint density at radius 2 is 1.80 bits per heavy atom. The first-order valence-corrected chi connectivity index (χ1v) is 8.36. The first-order chi connectivity index (χ1) is 12.1. The second-order valence-electron chi connectivity index (χ2n) is 6.18. The van der Waals surface area contributed by atoms with Gasteiger partial charge in [0.05, 0.1) is 17.2 Å². The van der Waals surface area contributed by atoms with Crippen LogP contribution in [0.2, 0.25) is 0 Å². The number of carbonyl (C=O) groups excluding carboxylic acids is 1. The van der Waals surface area contributed by atoms with Gasteiger partial charge in [-0.1, -0.05) is 30.3 Å². The van der Waals surface area contributed by atoms with Crippen molar-refractivity contribution in [2.24, 2.45) is 0 Å². The summed E-state index contributed by atoms with van der Waals surface area (Å²) in [6, 6.07) is 13.2. The highest BCUT2D eigenvalue weighted by Crippen LogP contribution is 2.19. The molecule has 0 saturated heterocycles. The zero-order chi connectivity index (χ0) is 17.8. The Kier molecular flexibility index (Phi) is 4.93. The number of hydrogen-bond donors (Lipinski definition) is 1. The molecule has 0 saturated carbocycles. The van der Waals surface area contributed by atoms with Crippen LogP contribution in [0.25, 0.3) is 10.9 Å². The zero-order valence-corrected chi connectivity index (χ0v) is 14.5. The first-order valence-electron chi connectivity index (χ1n) is 8.36. The number of benzene rings is 2. The van der Waals surface area contributed by atoms with Gasteiger partial charge in [-0.15, -0.1) is 0 Å². The van der Waals surface area contributed by atoms with Gasteiger partial charge in [0.1, 0.15) is 0 Å². The molecule has 1 amide bonds. The third-order valence-electron chi connectivity index (χ3n) is 4.28. The van der Waals surface area contributed by atoms with Crippen LogP contribution in [0, 0.1) is 13.8 Å². The fourth-order valence-corrected chi connectivity index (χ4v) is 2.89. The number of carbonyl (C=O) groups is 1. The summed E-state index contributed by atoms with van der Waals surface area (Å²) < 4.78 is 1.56. The molecule has 0 aliphatic heterocycles. The minimum Gasteiger partial charge on any atom is -0.326 e. The molecule has 0 aliphatic rings. The second-order valence-corrected chi connectivity index (χ2v) is 6.18. The SMILES string of the molecule is Cc1cccc(C)c1NC(=O)CCCn1cnc2ccccc2c1=O. The van der Waals surface area contributed by atoms with Gasteiger partial charge in [0.2, 0.25) is 5.91 Å². The lowest BCUT2D eigenvalue weighted by molar-refractivity contribution is -0.116. The molecule has 5 heteroatoms. The quantitative estimate of drug-likeness (QED) is 0.777. The van der Waals surface area contributed by atoms with E-state index in [4.69, 9.17) is 0 Å². The molecule has 0 radical (unpaired) electrons. The zero-order valence-electron chi connectivity index (χ0n) is 14.5. The fourth-order valence-electron chi connectivity index (χ4n) is 2.89. The van der Waals surface area contributed by atoms with Gasteiger partial charge < -0.3 is 5.32 Å². The highest BCUT2D eigenvalue weighted by Gasteiger charge is 2.08. The summed E-state index contributed by atoms with van der Waals surface area (Å²) in [5.41, 5.74) is 3.58. The molecular weight excluding hydrogens is 314 g/mol. The van der Waals surface area contributed by atoms with Crippen LogP contribution in [0.5, 0.6) is 0 Å². The molecule has 0 unspecified atom stereocenters. The lowest BCUT2D eigenvalue weighted by Gasteiger charge is -2.11. The molecule has 0 spiro atoms. The van der Waals surface area contributed by atoms with Gasteiger partial charge in [0, 0.05) is 18.7 Å². The van der Waals surface area contributed by atoms with E-state index in [9.17, 15) is 9.59 Å². The topological polar surface area (TPSA) is 64.0 Å². The fraction of sp³-hybridized carbons (Fsp3) is 0.250. The maximum Gasteiger partial charge on any atom is 0.261 e. The van der Waals surface area contributed by atoms with Crippen molar-refractivity contribution in [1.29, 1.82) is 0 Å². The monoisotopic (exact) mass is 335 g/mol. The van der Waals surface area contributed by atoms with Crippen molar-refractivity contribution in [2.75, 3.05) is 5.32 Å². The number of fused-ring (bicyclic) bond motifs is 1. The Balaban J connectivity index is 1.62. The largest absolute Gasteiger partial charge is 0.326 e. The van der Waals surface area contributed by atoms with E-state index in [-0.39, 0.29) is 11.5 Å². The van der Waals surface area contributed by atoms with E-state index in [1.807, 2.05) is 50.2 Å². The minimum absolute atomic E-state index is 0.0424. The van der Waals surface area contributed by atoms with Crippen LogP contribution in [0.15, 0.2) is 53.6 Å². The number of rotatable bonds is 5. The maximum atomic E-state index is 12.4. The highest BCUT2D eigenvalue weighted by molar-refractivity contribution is 5.92. The van der Waals surface area contributed by atoms with Crippen LogP contribution in [0.1, 0.15) is 24.0 Å². The molecule has 0 atom stereocenters. The van der Waals surface area contributed by atoms with Gasteiger partial charge in [-0.3, -0.25) is 14.2 Å².